The molecule has 0 amide bonds. The molecular formula is C25H40O2. The molecule has 0 aliphatic heterocycles. The minimum absolute atomic E-state index is 0.213. The summed E-state index contributed by atoms with van der Waals surface area (Å²) in [6, 6.07) is 0. The predicted octanol–water partition coefficient (Wildman–Crippen LogP) is 6.34. The van der Waals surface area contributed by atoms with Crippen molar-refractivity contribution < 1.29 is 9.53 Å². The second kappa shape index (κ2) is 7.32. The zero-order chi connectivity index (χ0) is 19.2. The highest BCUT2D eigenvalue weighted by atomic mass is 16.5. The maximum absolute atomic E-state index is 13.2. The highest BCUT2D eigenvalue weighted by molar-refractivity contribution is 5.94. The third kappa shape index (κ3) is 3.24. The first-order valence-corrected chi connectivity index (χ1v) is 11.7. The Kier molecular flexibility index (Phi) is 5.33. The number of carbonyl (C=O) groups is 1. The lowest BCUT2D eigenvalue weighted by molar-refractivity contribution is -0.138. The summed E-state index contributed by atoms with van der Waals surface area (Å²) in [5, 5.41) is 0. The van der Waals surface area contributed by atoms with E-state index in [9.17, 15) is 4.79 Å². The van der Waals surface area contributed by atoms with Gasteiger partial charge in [-0.2, -0.15) is 0 Å². The highest BCUT2D eigenvalue weighted by Crippen LogP contribution is 2.64. The van der Waals surface area contributed by atoms with Gasteiger partial charge in [0.2, 0.25) is 0 Å². The van der Waals surface area contributed by atoms with Crippen LogP contribution in [0.4, 0.5) is 0 Å². The molecular weight excluding hydrogens is 332 g/mol. The molecule has 152 valence electrons. The third-order valence-corrected chi connectivity index (χ3v) is 9.02. The fourth-order valence-electron chi connectivity index (χ4n) is 7.38. The van der Waals surface area contributed by atoms with E-state index in [-0.39, 0.29) is 11.3 Å². The maximum Gasteiger partial charge on any atom is 0.159 e. The molecule has 0 radical (unpaired) electrons. The average molecular weight is 373 g/mol. The van der Waals surface area contributed by atoms with Crippen LogP contribution in [-0.2, 0) is 9.53 Å². The lowest BCUT2D eigenvalue weighted by Gasteiger charge is -2.56. The smallest absolute Gasteiger partial charge is 0.159 e. The zero-order valence-electron chi connectivity index (χ0n) is 18.1. The molecule has 3 saturated carbocycles. The van der Waals surface area contributed by atoms with Crippen LogP contribution >= 0.6 is 0 Å². The minimum atomic E-state index is 0.213. The molecule has 4 rings (SSSR count). The first kappa shape index (κ1) is 19.7. The Bertz CT molecular complexity index is 605. The number of ether oxygens (including phenoxy) is 1. The number of ketones is 1. The van der Waals surface area contributed by atoms with Crippen LogP contribution in [-0.4, -0.2) is 18.5 Å². The second-order valence-electron chi connectivity index (χ2n) is 11.0. The van der Waals surface area contributed by atoms with Gasteiger partial charge in [0.25, 0.3) is 0 Å². The summed E-state index contributed by atoms with van der Waals surface area (Å²) in [6.45, 7) is 10.4. The van der Waals surface area contributed by atoms with Crippen LogP contribution in [0.5, 0.6) is 0 Å². The van der Waals surface area contributed by atoms with Crippen molar-refractivity contribution in [3.05, 3.63) is 11.6 Å². The van der Waals surface area contributed by atoms with E-state index >= 15 is 0 Å². The first-order valence-electron chi connectivity index (χ1n) is 11.7. The second-order valence-corrected chi connectivity index (χ2v) is 11.0. The fourth-order valence-corrected chi connectivity index (χ4v) is 7.38. The van der Waals surface area contributed by atoms with Gasteiger partial charge in [0.15, 0.2) is 5.78 Å². The topological polar surface area (TPSA) is 26.3 Å². The lowest BCUT2D eigenvalue weighted by Crippen LogP contribution is -2.53. The summed E-state index contributed by atoms with van der Waals surface area (Å²) in [5.74, 6) is 2.61. The Hall–Kier alpha value is -0.630. The Morgan fingerprint density at radius 3 is 2.70 bits per heavy atom. The van der Waals surface area contributed by atoms with Crippen LogP contribution < -0.4 is 0 Å². The quantitative estimate of drug-likeness (QED) is 0.526. The molecule has 6 atom stereocenters. The van der Waals surface area contributed by atoms with E-state index in [1.54, 1.807) is 0 Å². The van der Waals surface area contributed by atoms with E-state index < -0.39 is 0 Å². The molecule has 3 fully saturated rings. The Balaban J connectivity index is 1.51. The molecule has 0 N–H and O–H groups in total. The first-order chi connectivity index (χ1) is 12.9. The monoisotopic (exact) mass is 372 g/mol. The SMILES string of the molecule is CC(C)CCCO[C@H]1CC[C@H]2[C@@H]3C(=O)C=C4CCCC[C@]4(C)[C@H]3CC[C@]12C. The zero-order valence-corrected chi connectivity index (χ0v) is 18.1. The van der Waals surface area contributed by atoms with Crippen molar-refractivity contribution in [3.63, 3.8) is 0 Å². The number of rotatable bonds is 5. The van der Waals surface area contributed by atoms with Gasteiger partial charge in [-0.15, -0.1) is 0 Å². The van der Waals surface area contributed by atoms with Crippen molar-refractivity contribution in [2.75, 3.05) is 6.61 Å². The van der Waals surface area contributed by atoms with Gasteiger partial charge >= 0.3 is 0 Å². The van der Waals surface area contributed by atoms with Gasteiger partial charge < -0.3 is 4.74 Å². The lowest BCUT2D eigenvalue weighted by atomic mass is 9.48. The molecule has 4 aliphatic rings. The average Bonchev–Trinajstić information content (AvgIpc) is 2.95. The Morgan fingerprint density at radius 2 is 1.93 bits per heavy atom. The molecule has 0 aromatic rings. The van der Waals surface area contributed by atoms with E-state index in [0.717, 1.165) is 25.4 Å². The van der Waals surface area contributed by atoms with Crippen LogP contribution in [0, 0.1) is 34.5 Å². The molecule has 0 aromatic carbocycles. The summed E-state index contributed by atoms with van der Waals surface area (Å²) in [7, 11) is 0. The van der Waals surface area contributed by atoms with Crippen LogP contribution in [0.2, 0.25) is 0 Å². The van der Waals surface area contributed by atoms with E-state index in [4.69, 9.17) is 4.74 Å². The molecule has 0 saturated heterocycles. The van der Waals surface area contributed by atoms with Crippen molar-refractivity contribution in [2.45, 2.75) is 98.0 Å². The van der Waals surface area contributed by atoms with Gasteiger partial charge in [-0.3, -0.25) is 4.79 Å². The van der Waals surface area contributed by atoms with Crippen LogP contribution in [0.1, 0.15) is 91.9 Å². The number of hydrogen-bond donors (Lipinski definition) is 0. The number of allylic oxidation sites excluding steroid dienone is 2. The van der Waals surface area contributed by atoms with E-state index in [1.807, 2.05) is 0 Å². The predicted molar refractivity (Wildman–Crippen MR) is 111 cm³/mol. The molecule has 0 bridgehead atoms. The normalized spacial score (nSPS) is 43.9. The minimum Gasteiger partial charge on any atom is -0.378 e. The molecule has 27 heavy (non-hydrogen) atoms. The third-order valence-electron chi connectivity index (χ3n) is 9.02. The largest absolute Gasteiger partial charge is 0.378 e. The van der Waals surface area contributed by atoms with Crippen molar-refractivity contribution >= 4 is 5.78 Å². The van der Waals surface area contributed by atoms with Crippen molar-refractivity contribution in [3.8, 4) is 0 Å². The van der Waals surface area contributed by atoms with Crippen molar-refractivity contribution in [2.24, 2.45) is 34.5 Å². The molecule has 2 heteroatoms. The molecule has 0 heterocycles. The number of carbonyl (C=O) groups excluding carboxylic acids is 1. The van der Waals surface area contributed by atoms with Gasteiger partial charge in [-0.25, -0.2) is 0 Å². The molecule has 0 aromatic heterocycles. The van der Waals surface area contributed by atoms with Crippen molar-refractivity contribution in [1.29, 1.82) is 0 Å². The summed E-state index contributed by atoms with van der Waals surface area (Å²) >= 11 is 0. The highest BCUT2D eigenvalue weighted by Gasteiger charge is 2.60. The van der Waals surface area contributed by atoms with E-state index in [2.05, 4.69) is 33.8 Å². The Labute approximate surface area is 166 Å². The number of hydrogen-bond acceptors (Lipinski definition) is 2. The molecule has 0 unspecified atom stereocenters. The maximum atomic E-state index is 13.2. The molecule has 4 aliphatic carbocycles. The van der Waals surface area contributed by atoms with Gasteiger partial charge in [-0.1, -0.05) is 39.7 Å². The van der Waals surface area contributed by atoms with Gasteiger partial charge in [0.05, 0.1) is 6.10 Å². The summed E-state index contributed by atoms with van der Waals surface area (Å²) < 4.78 is 6.45. The van der Waals surface area contributed by atoms with Crippen LogP contribution in [0.15, 0.2) is 11.6 Å². The van der Waals surface area contributed by atoms with Gasteiger partial charge in [0, 0.05) is 12.5 Å². The van der Waals surface area contributed by atoms with Crippen molar-refractivity contribution in [1.82, 2.24) is 0 Å². The summed E-state index contributed by atoms with van der Waals surface area (Å²) in [5.41, 5.74) is 2.00. The summed E-state index contributed by atoms with van der Waals surface area (Å²) in [4.78, 5) is 13.2. The number of fused-ring (bicyclic) bond motifs is 5. The standard InChI is InChI=1S/C25H40O2/c1-17(2)8-7-15-27-22-11-10-19-23-20(12-14-25(19,22)4)24(3)13-6-5-9-18(24)16-21(23)26/h16-17,19-20,22-23H,5-15H2,1-4H3/t19-,20-,22-,23-,24-,25-/m0/s1. The van der Waals surface area contributed by atoms with Crippen LogP contribution in [0.25, 0.3) is 0 Å². The summed E-state index contributed by atoms with van der Waals surface area (Å²) in [6.07, 6.45) is 14.8. The van der Waals surface area contributed by atoms with Gasteiger partial charge in [-0.05, 0) is 92.4 Å². The van der Waals surface area contributed by atoms with E-state index in [0.29, 0.717) is 29.1 Å². The Morgan fingerprint density at radius 1 is 1.11 bits per heavy atom. The molecule has 0 spiro atoms. The van der Waals surface area contributed by atoms with Gasteiger partial charge in [0.1, 0.15) is 0 Å². The fraction of sp³-hybridized carbons (Fsp3) is 0.880. The van der Waals surface area contributed by atoms with E-state index in [1.165, 1.54) is 56.9 Å². The van der Waals surface area contributed by atoms with Crippen LogP contribution in [0.3, 0.4) is 0 Å². The molecule has 2 nitrogen and oxygen atoms in total.